The lowest BCUT2D eigenvalue weighted by molar-refractivity contribution is -0.147. The number of esters is 1. The summed E-state index contributed by atoms with van der Waals surface area (Å²) in [6.07, 6.45) is 11.1. The molecular formula is C17H25NO4. The molecule has 0 aromatic heterocycles. The third kappa shape index (κ3) is 5.39. The normalized spacial score (nSPS) is 22.2. The molecule has 0 radical (unpaired) electrons. The van der Waals surface area contributed by atoms with E-state index in [0.717, 1.165) is 6.42 Å². The van der Waals surface area contributed by atoms with Crippen molar-refractivity contribution in [2.75, 3.05) is 6.61 Å². The van der Waals surface area contributed by atoms with Gasteiger partial charge in [-0.3, -0.25) is 4.79 Å². The Morgan fingerprint density at radius 1 is 1.50 bits per heavy atom. The molecule has 122 valence electrons. The highest BCUT2D eigenvalue weighted by Gasteiger charge is 2.33. The van der Waals surface area contributed by atoms with Crippen molar-refractivity contribution in [3.8, 4) is 0 Å². The van der Waals surface area contributed by atoms with E-state index in [1.54, 1.807) is 19.1 Å². The van der Waals surface area contributed by atoms with Crippen molar-refractivity contribution in [2.45, 2.75) is 46.1 Å². The number of ether oxygens (including phenoxy) is 1. The van der Waals surface area contributed by atoms with Gasteiger partial charge in [-0.05, 0) is 38.3 Å². The van der Waals surface area contributed by atoms with E-state index in [1.165, 1.54) is 6.92 Å². The first-order chi connectivity index (χ1) is 10.4. The van der Waals surface area contributed by atoms with E-state index < -0.39 is 17.4 Å². The highest BCUT2D eigenvalue weighted by atomic mass is 16.5. The number of aliphatic hydroxyl groups is 1. The van der Waals surface area contributed by atoms with Crippen LogP contribution >= 0.6 is 0 Å². The predicted molar refractivity (Wildman–Crippen MR) is 85.2 cm³/mol. The van der Waals surface area contributed by atoms with Gasteiger partial charge in [-0.15, -0.1) is 0 Å². The van der Waals surface area contributed by atoms with Crippen LogP contribution in [-0.2, 0) is 14.3 Å². The summed E-state index contributed by atoms with van der Waals surface area (Å²) in [5, 5.41) is 12.2. The summed E-state index contributed by atoms with van der Waals surface area (Å²) in [4.78, 5) is 23.5. The fourth-order valence-corrected chi connectivity index (χ4v) is 2.44. The number of aliphatic hydroxyl groups excluding tert-OH is 1. The van der Waals surface area contributed by atoms with Gasteiger partial charge in [0.15, 0.2) is 0 Å². The van der Waals surface area contributed by atoms with Crippen molar-refractivity contribution in [1.29, 1.82) is 0 Å². The van der Waals surface area contributed by atoms with Crippen molar-refractivity contribution in [3.05, 3.63) is 36.1 Å². The van der Waals surface area contributed by atoms with Crippen LogP contribution in [0.3, 0.4) is 0 Å². The lowest BCUT2D eigenvalue weighted by atomic mass is 9.75. The molecule has 0 saturated carbocycles. The third-order valence-electron chi connectivity index (χ3n) is 3.50. The summed E-state index contributed by atoms with van der Waals surface area (Å²) in [5.74, 6) is -0.493. The van der Waals surface area contributed by atoms with Crippen molar-refractivity contribution in [1.82, 2.24) is 5.32 Å². The summed E-state index contributed by atoms with van der Waals surface area (Å²) >= 11 is 0. The average molecular weight is 307 g/mol. The number of carbonyl (C=O) groups is 2. The first-order valence-corrected chi connectivity index (χ1v) is 7.62. The number of allylic oxidation sites excluding steroid dienone is 5. The van der Waals surface area contributed by atoms with E-state index in [4.69, 9.17) is 4.74 Å². The Labute approximate surface area is 131 Å². The molecule has 0 spiro atoms. The molecule has 2 N–H and O–H groups in total. The molecule has 1 aliphatic rings. The molecule has 2 unspecified atom stereocenters. The first-order valence-electron chi connectivity index (χ1n) is 7.62. The quantitative estimate of drug-likeness (QED) is 0.560. The lowest BCUT2D eigenvalue weighted by Crippen LogP contribution is -2.44. The molecule has 0 fully saturated rings. The topological polar surface area (TPSA) is 75.6 Å². The number of amides is 1. The zero-order valence-electron chi connectivity index (χ0n) is 13.5. The Balaban J connectivity index is 2.98. The van der Waals surface area contributed by atoms with Crippen LogP contribution in [0.4, 0.5) is 0 Å². The minimum Gasteiger partial charge on any atom is -0.508 e. The highest BCUT2D eigenvalue weighted by molar-refractivity contribution is 5.83. The largest absolute Gasteiger partial charge is 0.508 e. The van der Waals surface area contributed by atoms with Crippen LogP contribution in [0.5, 0.6) is 0 Å². The second-order valence-electron chi connectivity index (χ2n) is 5.42. The molecule has 5 heteroatoms. The third-order valence-corrected chi connectivity index (χ3v) is 3.50. The summed E-state index contributed by atoms with van der Waals surface area (Å²) in [6.45, 7) is 5.41. The Morgan fingerprint density at radius 2 is 2.23 bits per heavy atom. The standard InChI is InChI=1S/C17H25NO4/c1-4-6-9-17(10-7-14(20)8-11-17)12-15(18-13(3)19)16(21)22-5-2/h6-10,15,20H,4-5,11-12H2,1-3H3,(H,18,19). The van der Waals surface area contributed by atoms with Gasteiger partial charge >= 0.3 is 5.97 Å². The lowest BCUT2D eigenvalue weighted by Gasteiger charge is -2.32. The average Bonchev–Trinajstić information content (AvgIpc) is 2.47. The second-order valence-corrected chi connectivity index (χ2v) is 5.42. The number of hydrogen-bond donors (Lipinski definition) is 2. The minimum atomic E-state index is -0.711. The molecule has 5 nitrogen and oxygen atoms in total. The molecule has 0 heterocycles. The molecule has 22 heavy (non-hydrogen) atoms. The molecule has 1 amide bonds. The molecule has 0 bridgehead atoms. The van der Waals surface area contributed by atoms with E-state index >= 15 is 0 Å². The Bertz CT molecular complexity index is 493. The van der Waals surface area contributed by atoms with E-state index in [2.05, 4.69) is 5.32 Å². The highest BCUT2D eigenvalue weighted by Crippen LogP contribution is 2.36. The summed E-state index contributed by atoms with van der Waals surface area (Å²) in [7, 11) is 0. The Morgan fingerprint density at radius 3 is 2.73 bits per heavy atom. The van der Waals surface area contributed by atoms with E-state index in [1.807, 2.05) is 25.2 Å². The summed E-state index contributed by atoms with van der Waals surface area (Å²) < 4.78 is 5.05. The number of rotatable bonds is 7. The molecule has 1 aliphatic carbocycles. The van der Waals surface area contributed by atoms with Gasteiger partial charge in [0.05, 0.1) is 6.61 Å². The van der Waals surface area contributed by atoms with Crippen LogP contribution in [-0.4, -0.2) is 29.6 Å². The number of nitrogens with one attached hydrogen (secondary N) is 1. The zero-order chi connectivity index (χ0) is 16.6. The first kappa shape index (κ1) is 18.0. The van der Waals surface area contributed by atoms with Crippen LogP contribution in [0, 0.1) is 5.41 Å². The van der Waals surface area contributed by atoms with Crippen LogP contribution < -0.4 is 5.32 Å². The van der Waals surface area contributed by atoms with Gasteiger partial charge in [0.25, 0.3) is 0 Å². The maximum atomic E-state index is 12.1. The van der Waals surface area contributed by atoms with Crippen LogP contribution in [0.2, 0.25) is 0 Å². The van der Waals surface area contributed by atoms with Crippen molar-refractivity contribution < 1.29 is 19.4 Å². The van der Waals surface area contributed by atoms with Gasteiger partial charge < -0.3 is 15.2 Å². The fourth-order valence-electron chi connectivity index (χ4n) is 2.44. The molecule has 0 saturated heterocycles. The van der Waals surface area contributed by atoms with Crippen molar-refractivity contribution >= 4 is 11.9 Å². The summed E-state index contributed by atoms with van der Waals surface area (Å²) in [5.41, 5.74) is -0.415. The van der Waals surface area contributed by atoms with Gasteiger partial charge in [0.2, 0.25) is 5.91 Å². The molecule has 2 atom stereocenters. The monoisotopic (exact) mass is 307 g/mol. The van der Waals surface area contributed by atoms with Crippen molar-refractivity contribution in [3.63, 3.8) is 0 Å². The summed E-state index contributed by atoms with van der Waals surface area (Å²) in [6, 6.07) is -0.711. The van der Waals surface area contributed by atoms with Gasteiger partial charge in [-0.2, -0.15) is 0 Å². The molecule has 1 rings (SSSR count). The van der Waals surface area contributed by atoms with Gasteiger partial charge in [0, 0.05) is 12.3 Å². The van der Waals surface area contributed by atoms with Gasteiger partial charge in [-0.1, -0.05) is 25.2 Å². The van der Waals surface area contributed by atoms with Gasteiger partial charge in [0.1, 0.15) is 11.8 Å². The maximum Gasteiger partial charge on any atom is 0.328 e. The Kier molecular flexibility index (Phi) is 6.89. The van der Waals surface area contributed by atoms with Crippen LogP contribution in [0.1, 0.15) is 40.0 Å². The molecule has 0 aromatic carbocycles. The molecule has 0 aromatic rings. The minimum absolute atomic E-state index is 0.215. The second kappa shape index (κ2) is 8.41. The smallest absolute Gasteiger partial charge is 0.328 e. The number of carbonyl (C=O) groups excluding carboxylic acids is 2. The SMILES string of the molecule is CCC=CC1(CC(NC(C)=O)C(=O)OCC)C=CC(O)=CC1. The van der Waals surface area contributed by atoms with E-state index in [0.29, 0.717) is 12.8 Å². The molecule has 0 aliphatic heterocycles. The predicted octanol–water partition coefficient (Wildman–Crippen LogP) is 2.80. The zero-order valence-corrected chi connectivity index (χ0v) is 13.5. The van der Waals surface area contributed by atoms with Crippen molar-refractivity contribution in [2.24, 2.45) is 5.41 Å². The van der Waals surface area contributed by atoms with Crippen LogP contribution in [0.15, 0.2) is 36.1 Å². The number of hydrogen-bond acceptors (Lipinski definition) is 4. The van der Waals surface area contributed by atoms with Crippen LogP contribution in [0.25, 0.3) is 0 Å². The van der Waals surface area contributed by atoms with Gasteiger partial charge in [-0.25, -0.2) is 4.79 Å². The molecular weight excluding hydrogens is 282 g/mol. The maximum absolute atomic E-state index is 12.1. The van der Waals surface area contributed by atoms with E-state index in [9.17, 15) is 14.7 Å². The fraction of sp³-hybridized carbons (Fsp3) is 0.529. The van der Waals surface area contributed by atoms with E-state index in [-0.39, 0.29) is 18.3 Å². The Hall–Kier alpha value is -2.04.